The van der Waals surface area contributed by atoms with Gasteiger partial charge in [-0.05, 0) is 0 Å². The molecule has 398 valence electrons. The van der Waals surface area contributed by atoms with Gasteiger partial charge in [0.25, 0.3) is 0 Å². The van der Waals surface area contributed by atoms with Gasteiger partial charge in [0.05, 0.1) is 39.6 Å². The van der Waals surface area contributed by atoms with Crippen LogP contribution in [0.3, 0.4) is 0 Å². The zero-order valence-electron chi connectivity index (χ0n) is 36.0. The van der Waals surface area contributed by atoms with Crippen molar-refractivity contribution in [2.45, 2.75) is 184 Å². The molecule has 0 saturated carbocycles. The molecule has 0 radical (unpaired) electrons. The van der Waals surface area contributed by atoms with Gasteiger partial charge in [0.15, 0.2) is 37.7 Å². The molecule has 0 spiro atoms. The van der Waals surface area contributed by atoms with E-state index in [9.17, 15) is 97.0 Å². The first-order valence-electron chi connectivity index (χ1n) is 21.5. The number of aliphatic hydroxyl groups excluding tert-OH is 19. The molecule has 0 aromatic heterocycles. The van der Waals surface area contributed by atoms with Gasteiger partial charge < -0.3 is 154 Å². The molecule has 0 aromatic rings. The Bertz CT molecular complexity index is 1520. The van der Waals surface area contributed by atoms with Crippen LogP contribution in [0.5, 0.6) is 0 Å². The van der Waals surface area contributed by atoms with Gasteiger partial charge in [0.1, 0.15) is 146 Å². The van der Waals surface area contributed by atoms with Gasteiger partial charge in [-0.1, -0.05) is 0 Å². The van der Waals surface area contributed by atoms with Gasteiger partial charge >= 0.3 is 0 Å². The third-order valence-electron chi connectivity index (χ3n) is 12.7. The molecule has 0 aromatic carbocycles. The molecule has 0 bridgehead atoms. The van der Waals surface area contributed by atoms with E-state index < -0.39 is 224 Å². The van der Waals surface area contributed by atoms with E-state index in [4.69, 9.17) is 56.8 Å². The van der Waals surface area contributed by atoms with Crippen LogP contribution in [0.15, 0.2) is 0 Å². The number of methoxy groups -OCH3 is 1. The molecule has 0 aliphatic carbocycles. The highest BCUT2D eigenvalue weighted by molar-refractivity contribution is 4.99. The lowest BCUT2D eigenvalue weighted by Crippen LogP contribution is -2.68. The van der Waals surface area contributed by atoms with Crippen LogP contribution >= 0.6 is 0 Å². The van der Waals surface area contributed by atoms with Crippen LogP contribution in [-0.4, -0.2) is 328 Å². The van der Waals surface area contributed by atoms with Gasteiger partial charge in [0.2, 0.25) is 0 Å². The lowest BCUT2D eigenvalue weighted by atomic mass is 9.95. The lowest BCUT2D eigenvalue weighted by Gasteiger charge is -2.49. The molecular weight excluding hydrogens is 940 g/mol. The maximum atomic E-state index is 11.3. The van der Waals surface area contributed by atoms with Gasteiger partial charge in [0, 0.05) is 7.11 Å². The lowest BCUT2D eigenvalue weighted by molar-refractivity contribution is -0.393. The number of rotatable bonds is 17. The smallest absolute Gasteiger partial charge is 0.187 e. The van der Waals surface area contributed by atoms with Crippen LogP contribution in [-0.2, 0) is 56.8 Å². The normalized spacial score (nSPS) is 52.8. The first-order valence-corrected chi connectivity index (χ1v) is 21.5. The van der Waals surface area contributed by atoms with Crippen molar-refractivity contribution in [2.24, 2.45) is 0 Å². The Morgan fingerprint density at radius 1 is 0.294 bits per heavy atom. The van der Waals surface area contributed by atoms with Crippen molar-refractivity contribution in [3.63, 3.8) is 0 Å². The number of hydrogen-bond donors (Lipinski definition) is 19. The molecule has 30 unspecified atom stereocenters. The second kappa shape index (κ2) is 24.2. The van der Waals surface area contributed by atoms with Crippen LogP contribution in [0.25, 0.3) is 0 Å². The van der Waals surface area contributed by atoms with Crippen molar-refractivity contribution in [3.05, 3.63) is 0 Å². The Morgan fingerprint density at radius 2 is 0.588 bits per heavy atom. The molecule has 0 amide bonds. The topological polar surface area (TPSA) is 495 Å². The van der Waals surface area contributed by atoms with E-state index in [0.29, 0.717) is 0 Å². The minimum absolute atomic E-state index is 0.695. The van der Waals surface area contributed by atoms with Crippen molar-refractivity contribution >= 4 is 0 Å². The van der Waals surface area contributed by atoms with E-state index in [-0.39, 0.29) is 0 Å². The minimum atomic E-state index is -2.18. The van der Waals surface area contributed by atoms with Crippen molar-refractivity contribution in [2.75, 3.05) is 46.8 Å². The van der Waals surface area contributed by atoms with E-state index >= 15 is 0 Å². The van der Waals surface area contributed by atoms with E-state index in [1.165, 1.54) is 7.11 Å². The van der Waals surface area contributed by atoms with Gasteiger partial charge in [-0.25, -0.2) is 0 Å². The van der Waals surface area contributed by atoms with E-state index in [2.05, 4.69) is 0 Å². The summed E-state index contributed by atoms with van der Waals surface area (Å²) in [5.74, 6) is 0. The fourth-order valence-electron chi connectivity index (χ4n) is 8.69. The van der Waals surface area contributed by atoms with E-state index in [1.807, 2.05) is 0 Å². The van der Waals surface area contributed by atoms with Crippen molar-refractivity contribution < 1.29 is 154 Å². The summed E-state index contributed by atoms with van der Waals surface area (Å²) in [6, 6.07) is 0. The molecule has 31 nitrogen and oxygen atoms in total. The number of ether oxygens (including phenoxy) is 12. The summed E-state index contributed by atoms with van der Waals surface area (Å²) in [5, 5.41) is 200. The molecule has 6 aliphatic rings. The molecule has 19 N–H and O–H groups in total. The molecule has 31 heteroatoms. The summed E-state index contributed by atoms with van der Waals surface area (Å²) in [4.78, 5) is 0. The van der Waals surface area contributed by atoms with Gasteiger partial charge in [-0.3, -0.25) is 0 Å². The Kier molecular flexibility index (Phi) is 19.9. The maximum absolute atomic E-state index is 11.3. The van der Waals surface area contributed by atoms with Crippen LogP contribution in [0.2, 0.25) is 0 Å². The Hall–Kier alpha value is -1.24. The zero-order chi connectivity index (χ0) is 50.0. The predicted molar refractivity (Wildman–Crippen MR) is 204 cm³/mol. The third-order valence-corrected chi connectivity index (χ3v) is 12.7. The standard InChI is InChI=1S/C37H64O31/c1-57-27-9(3-39)61-34(23(52)17(27)46)65-28-10(4-40)62-35(24(53)18(28)47)66-29-11(5-41)63-36(25(54)19(29)48)67-30-12(6-42)64-37(26(55)20(30)49)68-31-13(59-32(56)21(50)16(31)45)7-58-33-22(51)15(44)14(43)8(2-38)60-33/h8-56H,2-7H2,1H3. The fourth-order valence-corrected chi connectivity index (χ4v) is 8.69. The molecule has 6 fully saturated rings. The highest BCUT2D eigenvalue weighted by atomic mass is 16.8. The Morgan fingerprint density at radius 3 is 0.941 bits per heavy atom. The number of aliphatic hydroxyl groups is 19. The summed E-state index contributed by atoms with van der Waals surface area (Å²) in [6.07, 6.45) is -54.9. The summed E-state index contributed by atoms with van der Waals surface area (Å²) < 4.78 is 66.1. The predicted octanol–water partition coefficient (Wildman–Crippen LogP) is -13.4. The second-order valence-electron chi connectivity index (χ2n) is 17.0. The average molecular weight is 1000 g/mol. The quantitative estimate of drug-likeness (QED) is 0.0643. The first kappa shape index (κ1) is 56.1. The Balaban J connectivity index is 1.08. The van der Waals surface area contributed by atoms with E-state index in [0.717, 1.165) is 0 Å². The monoisotopic (exact) mass is 1000 g/mol. The fraction of sp³-hybridized carbons (Fsp3) is 1.00. The van der Waals surface area contributed by atoms with E-state index in [1.54, 1.807) is 0 Å². The Labute approximate surface area is 384 Å². The minimum Gasteiger partial charge on any atom is -0.394 e. The second-order valence-corrected chi connectivity index (χ2v) is 17.0. The van der Waals surface area contributed by atoms with Crippen molar-refractivity contribution in [3.8, 4) is 0 Å². The van der Waals surface area contributed by atoms with Crippen LogP contribution in [0, 0.1) is 0 Å². The molecule has 6 aliphatic heterocycles. The molecule has 6 heterocycles. The summed E-state index contributed by atoms with van der Waals surface area (Å²) in [7, 11) is 1.19. The van der Waals surface area contributed by atoms with Gasteiger partial charge in [-0.2, -0.15) is 0 Å². The summed E-state index contributed by atoms with van der Waals surface area (Å²) in [5.41, 5.74) is 0. The van der Waals surface area contributed by atoms with Crippen molar-refractivity contribution in [1.29, 1.82) is 0 Å². The average Bonchev–Trinajstić information content (AvgIpc) is 3.33. The maximum Gasteiger partial charge on any atom is 0.187 e. The highest BCUT2D eigenvalue weighted by Gasteiger charge is 2.57. The van der Waals surface area contributed by atoms with Crippen LogP contribution in [0.4, 0.5) is 0 Å². The molecule has 6 rings (SSSR count). The SMILES string of the molecule is COC1C(CO)OC(OC2C(CO)OC(OC3C(CO)OC(OC4C(CO)OC(OC5C(COC6OC(CO)C(O)C(O)C6O)OC(O)C(O)C5O)C(O)C4O)C(O)C3O)C(O)C2O)C(O)C1O. The molecule has 6 saturated heterocycles. The number of hydrogen-bond acceptors (Lipinski definition) is 31. The zero-order valence-corrected chi connectivity index (χ0v) is 36.0. The molecule has 68 heavy (non-hydrogen) atoms. The highest BCUT2D eigenvalue weighted by Crippen LogP contribution is 2.36. The van der Waals surface area contributed by atoms with Crippen molar-refractivity contribution in [1.82, 2.24) is 0 Å². The molecular formula is C37H64O31. The largest absolute Gasteiger partial charge is 0.394 e. The van der Waals surface area contributed by atoms with Crippen LogP contribution < -0.4 is 0 Å². The van der Waals surface area contributed by atoms with Gasteiger partial charge in [-0.15, -0.1) is 0 Å². The first-order chi connectivity index (χ1) is 32.3. The third kappa shape index (κ3) is 11.4. The summed E-state index contributed by atoms with van der Waals surface area (Å²) >= 11 is 0. The molecule has 30 atom stereocenters. The van der Waals surface area contributed by atoms with Crippen LogP contribution in [0.1, 0.15) is 0 Å². The summed E-state index contributed by atoms with van der Waals surface area (Å²) in [6.45, 7) is -5.25.